The highest BCUT2D eigenvalue weighted by atomic mass is 32.2. The minimum atomic E-state index is 0.227. The Balaban J connectivity index is 2.96. The number of nitrogens with one attached hydrogen (secondary N) is 1. The predicted octanol–water partition coefficient (Wildman–Crippen LogP) is 2.13. The summed E-state index contributed by atoms with van der Waals surface area (Å²) >= 11 is 1.92. The fraction of sp³-hybridized carbons (Fsp3) is 0.800. The van der Waals surface area contributed by atoms with Crippen LogP contribution in [0.25, 0.3) is 0 Å². The standard InChI is InChI=1S/C10H19NS/c1-4-10(2)11-8-6-5-7-9-12-3/h1,10-11H,5-9H2,2-3H3. The molecule has 0 bridgehead atoms. The first-order valence-electron chi connectivity index (χ1n) is 4.49. The molecular formula is C10H19NS. The molecule has 0 aliphatic carbocycles. The summed E-state index contributed by atoms with van der Waals surface area (Å²) in [6, 6.07) is 0.227. The lowest BCUT2D eigenvalue weighted by atomic mass is 10.2. The second-order valence-electron chi connectivity index (χ2n) is 2.90. The van der Waals surface area contributed by atoms with Gasteiger partial charge in [0.25, 0.3) is 0 Å². The highest BCUT2D eigenvalue weighted by Crippen LogP contribution is 2.01. The van der Waals surface area contributed by atoms with E-state index in [4.69, 9.17) is 6.42 Å². The first kappa shape index (κ1) is 11.9. The third kappa shape index (κ3) is 7.97. The third-order valence-corrected chi connectivity index (χ3v) is 2.42. The highest BCUT2D eigenvalue weighted by Gasteiger charge is 1.93. The molecule has 0 aromatic rings. The van der Waals surface area contributed by atoms with Crippen LogP contribution in [0.15, 0.2) is 0 Å². The molecule has 1 nitrogen and oxygen atoms in total. The van der Waals surface area contributed by atoms with Crippen LogP contribution in [0.2, 0.25) is 0 Å². The fourth-order valence-corrected chi connectivity index (χ4v) is 1.42. The van der Waals surface area contributed by atoms with Crippen molar-refractivity contribution in [3.8, 4) is 12.3 Å². The normalized spacial score (nSPS) is 12.4. The van der Waals surface area contributed by atoms with Crippen molar-refractivity contribution in [2.24, 2.45) is 0 Å². The number of hydrogen-bond donors (Lipinski definition) is 1. The Morgan fingerprint density at radius 1 is 1.42 bits per heavy atom. The highest BCUT2D eigenvalue weighted by molar-refractivity contribution is 7.98. The number of hydrogen-bond acceptors (Lipinski definition) is 2. The maximum atomic E-state index is 5.22. The molecule has 0 aromatic heterocycles. The first-order valence-corrected chi connectivity index (χ1v) is 5.89. The van der Waals surface area contributed by atoms with E-state index < -0.39 is 0 Å². The number of terminal acetylenes is 1. The van der Waals surface area contributed by atoms with Gasteiger partial charge in [-0.1, -0.05) is 12.3 Å². The molecule has 0 saturated carbocycles. The van der Waals surface area contributed by atoms with Crippen LogP contribution >= 0.6 is 11.8 Å². The van der Waals surface area contributed by atoms with Gasteiger partial charge in [0.1, 0.15) is 0 Å². The summed E-state index contributed by atoms with van der Waals surface area (Å²) in [6.45, 7) is 3.07. The van der Waals surface area contributed by atoms with E-state index >= 15 is 0 Å². The summed E-state index contributed by atoms with van der Waals surface area (Å²) in [4.78, 5) is 0. The SMILES string of the molecule is C#CC(C)NCCCCCSC. The van der Waals surface area contributed by atoms with Gasteiger partial charge >= 0.3 is 0 Å². The van der Waals surface area contributed by atoms with Crippen molar-refractivity contribution in [3.05, 3.63) is 0 Å². The van der Waals surface area contributed by atoms with Crippen molar-refractivity contribution in [1.82, 2.24) is 5.32 Å². The number of thioether (sulfide) groups is 1. The minimum Gasteiger partial charge on any atom is -0.304 e. The van der Waals surface area contributed by atoms with Crippen LogP contribution in [0.3, 0.4) is 0 Å². The Kier molecular flexibility index (Phi) is 8.86. The molecular weight excluding hydrogens is 166 g/mol. The second-order valence-corrected chi connectivity index (χ2v) is 3.88. The van der Waals surface area contributed by atoms with E-state index in [2.05, 4.69) is 17.5 Å². The van der Waals surface area contributed by atoms with Crippen molar-refractivity contribution in [1.29, 1.82) is 0 Å². The van der Waals surface area contributed by atoms with Crippen LogP contribution in [0.1, 0.15) is 26.2 Å². The van der Waals surface area contributed by atoms with Gasteiger partial charge in [-0.2, -0.15) is 11.8 Å². The van der Waals surface area contributed by atoms with Crippen molar-refractivity contribution in [3.63, 3.8) is 0 Å². The smallest absolute Gasteiger partial charge is 0.0658 e. The third-order valence-electron chi connectivity index (χ3n) is 1.73. The Morgan fingerprint density at radius 3 is 2.75 bits per heavy atom. The molecule has 1 unspecified atom stereocenters. The quantitative estimate of drug-likeness (QED) is 0.482. The van der Waals surface area contributed by atoms with Crippen molar-refractivity contribution in [2.75, 3.05) is 18.6 Å². The lowest BCUT2D eigenvalue weighted by molar-refractivity contribution is 0.594. The van der Waals surface area contributed by atoms with E-state index in [0.717, 1.165) is 6.54 Å². The fourth-order valence-electron chi connectivity index (χ4n) is 0.926. The average molecular weight is 185 g/mol. The van der Waals surface area contributed by atoms with Gasteiger partial charge in [0.05, 0.1) is 6.04 Å². The summed E-state index contributed by atoms with van der Waals surface area (Å²) in [7, 11) is 0. The molecule has 0 aromatic carbocycles. The largest absolute Gasteiger partial charge is 0.304 e. The molecule has 0 spiro atoms. The van der Waals surface area contributed by atoms with Crippen LogP contribution < -0.4 is 5.32 Å². The summed E-state index contributed by atoms with van der Waals surface area (Å²) in [6.07, 6.45) is 11.3. The topological polar surface area (TPSA) is 12.0 Å². The molecule has 12 heavy (non-hydrogen) atoms. The van der Waals surface area contributed by atoms with Crippen LogP contribution in [-0.4, -0.2) is 24.6 Å². The Bertz CT molecular complexity index is 128. The molecule has 0 aliphatic rings. The van der Waals surface area contributed by atoms with Gasteiger partial charge in [-0.3, -0.25) is 0 Å². The van der Waals surface area contributed by atoms with E-state index in [9.17, 15) is 0 Å². The maximum Gasteiger partial charge on any atom is 0.0658 e. The zero-order chi connectivity index (χ0) is 9.23. The molecule has 0 rings (SSSR count). The zero-order valence-electron chi connectivity index (χ0n) is 8.10. The van der Waals surface area contributed by atoms with E-state index in [1.165, 1.54) is 25.0 Å². The molecule has 0 radical (unpaired) electrons. The Hall–Kier alpha value is -0.130. The van der Waals surface area contributed by atoms with E-state index in [0.29, 0.717) is 0 Å². The molecule has 0 saturated heterocycles. The molecule has 70 valence electrons. The van der Waals surface area contributed by atoms with Gasteiger partial charge in [-0.25, -0.2) is 0 Å². The van der Waals surface area contributed by atoms with Gasteiger partial charge in [0.15, 0.2) is 0 Å². The molecule has 0 aliphatic heterocycles. The summed E-state index contributed by atoms with van der Waals surface area (Å²) in [5.74, 6) is 3.93. The number of rotatable bonds is 7. The molecule has 0 fully saturated rings. The molecule has 1 N–H and O–H groups in total. The van der Waals surface area contributed by atoms with Gasteiger partial charge in [-0.15, -0.1) is 6.42 Å². The summed E-state index contributed by atoms with van der Waals surface area (Å²) < 4.78 is 0. The lowest BCUT2D eigenvalue weighted by Crippen LogP contribution is -2.25. The van der Waals surface area contributed by atoms with E-state index in [1.54, 1.807) is 0 Å². The average Bonchev–Trinajstić information content (AvgIpc) is 2.10. The van der Waals surface area contributed by atoms with Crippen molar-refractivity contribution < 1.29 is 0 Å². The van der Waals surface area contributed by atoms with Crippen molar-refractivity contribution >= 4 is 11.8 Å². The van der Waals surface area contributed by atoms with Crippen LogP contribution in [-0.2, 0) is 0 Å². The number of unbranched alkanes of at least 4 members (excludes halogenated alkanes) is 2. The van der Waals surface area contributed by atoms with Gasteiger partial charge < -0.3 is 5.32 Å². The van der Waals surface area contributed by atoms with Crippen LogP contribution in [0, 0.1) is 12.3 Å². The Morgan fingerprint density at radius 2 is 2.17 bits per heavy atom. The monoisotopic (exact) mass is 185 g/mol. The predicted molar refractivity (Wildman–Crippen MR) is 58.5 cm³/mol. The summed E-state index contributed by atoms with van der Waals surface area (Å²) in [5, 5.41) is 3.27. The van der Waals surface area contributed by atoms with E-state index in [-0.39, 0.29) is 6.04 Å². The lowest BCUT2D eigenvalue weighted by Gasteiger charge is -2.06. The van der Waals surface area contributed by atoms with E-state index in [1.807, 2.05) is 18.7 Å². The molecule has 0 heterocycles. The van der Waals surface area contributed by atoms with Gasteiger partial charge in [0, 0.05) is 0 Å². The van der Waals surface area contributed by atoms with Gasteiger partial charge in [-0.05, 0) is 38.3 Å². The van der Waals surface area contributed by atoms with Crippen LogP contribution in [0.5, 0.6) is 0 Å². The van der Waals surface area contributed by atoms with Gasteiger partial charge in [0.2, 0.25) is 0 Å². The molecule has 2 heteroatoms. The first-order chi connectivity index (χ1) is 5.81. The van der Waals surface area contributed by atoms with Crippen molar-refractivity contribution in [2.45, 2.75) is 32.2 Å². The second kappa shape index (κ2) is 8.96. The Labute approximate surface area is 80.7 Å². The van der Waals surface area contributed by atoms with Crippen LogP contribution in [0.4, 0.5) is 0 Å². The summed E-state index contributed by atoms with van der Waals surface area (Å²) in [5.41, 5.74) is 0. The maximum absolute atomic E-state index is 5.22. The minimum absolute atomic E-state index is 0.227. The molecule has 1 atom stereocenters. The zero-order valence-corrected chi connectivity index (χ0v) is 8.91. The molecule has 0 amide bonds.